The maximum Gasteiger partial charge on any atom is 0.164 e. The summed E-state index contributed by atoms with van der Waals surface area (Å²) < 4.78 is 7.76. The van der Waals surface area contributed by atoms with Gasteiger partial charge in [0.25, 0.3) is 0 Å². The summed E-state index contributed by atoms with van der Waals surface area (Å²) in [7, 11) is 7.94. The van der Waals surface area contributed by atoms with Crippen molar-refractivity contribution in [3.05, 3.63) is 48.8 Å². The topological polar surface area (TPSA) is 98.5 Å². The second kappa shape index (κ2) is 9.11. The fraction of sp³-hybridized carbons (Fsp3) is 0.333. The van der Waals surface area contributed by atoms with Gasteiger partial charge in [0.2, 0.25) is 0 Å². The molecule has 0 aliphatic carbocycles. The monoisotopic (exact) mass is 471 g/mol. The van der Waals surface area contributed by atoms with Crippen molar-refractivity contribution >= 4 is 28.0 Å². The number of methoxy groups -OCH3 is 1. The van der Waals surface area contributed by atoms with Gasteiger partial charge in [-0.15, -0.1) is 0 Å². The van der Waals surface area contributed by atoms with E-state index < -0.39 is 0 Å². The van der Waals surface area contributed by atoms with Gasteiger partial charge in [0.1, 0.15) is 5.75 Å². The lowest BCUT2D eigenvalue weighted by molar-refractivity contribution is 0.249. The van der Waals surface area contributed by atoms with Crippen LogP contribution in [0, 0.1) is 0 Å². The third-order valence-corrected chi connectivity index (χ3v) is 7.16. The molecule has 2 aromatic heterocycles. The average molecular weight is 472 g/mol. The number of rotatable bonds is 5. The molecule has 4 aromatic rings. The van der Waals surface area contributed by atoms with Crippen molar-refractivity contribution in [2.45, 2.75) is 18.9 Å². The van der Waals surface area contributed by atoms with Crippen molar-refractivity contribution in [2.24, 2.45) is 7.05 Å². The van der Waals surface area contributed by atoms with E-state index in [-0.39, 0.29) is 0 Å². The van der Waals surface area contributed by atoms with Gasteiger partial charge >= 0.3 is 0 Å². The molecule has 0 amide bonds. The van der Waals surface area contributed by atoms with E-state index in [1.54, 1.807) is 13.3 Å². The SMILES string of the molecule is COc1cc(N2CCC(N(C)C)CC2)c(N)c(-c2nccc(-c3cn(C)c4ccccc34)n2)c1N. The average Bonchev–Trinajstić information content (AvgIpc) is 3.21. The lowest BCUT2D eigenvalue weighted by Crippen LogP contribution is -2.42. The summed E-state index contributed by atoms with van der Waals surface area (Å²) in [4.78, 5) is 14.1. The van der Waals surface area contributed by atoms with Crippen molar-refractivity contribution in [3.8, 4) is 28.4 Å². The van der Waals surface area contributed by atoms with Crippen LogP contribution in [0.25, 0.3) is 33.5 Å². The molecule has 0 radical (unpaired) electrons. The summed E-state index contributed by atoms with van der Waals surface area (Å²) in [5.41, 5.74) is 18.9. The van der Waals surface area contributed by atoms with E-state index in [1.165, 1.54) is 0 Å². The van der Waals surface area contributed by atoms with Gasteiger partial charge in [0, 0.05) is 61.1 Å². The Morgan fingerprint density at radius 1 is 1.06 bits per heavy atom. The van der Waals surface area contributed by atoms with E-state index in [0.717, 1.165) is 53.8 Å². The van der Waals surface area contributed by atoms with Gasteiger partial charge in [-0.25, -0.2) is 9.97 Å². The molecule has 35 heavy (non-hydrogen) atoms. The van der Waals surface area contributed by atoms with Crippen LogP contribution in [0.3, 0.4) is 0 Å². The Bertz CT molecular complexity index is 1370. The van der Waals surface area contributed by atoms with E-state index in [9.17, 15) is 0 Å². The van der Waals surface area contributed by atoms with Crippen LogP contribution < -0.4 is 21.1 Å². The lowest BCUT2D eigenvalue weighted by atomic mass is 10.0. The van der Waals surface area contributed by atoms with Gasteiger partial charge in [-0.05, 0) is 39.1 Å². The molecule has 1 fully saturated rings. The van der Waals surface area contributed by atoms with Crippen LogP contribution in [-0.2, 0) is 7.05 Å². The molecule has 2 aromatic carbocycles. The lowest BCUT2D eigenvalue weighted by Gasteiger charge is -2.37. The van der Waals surface area contributed by atoms with Gasteiger partial charge in [-0.3, -0.25) is 0 Å². The fourth-order valence-electron chi connectivity index (χ4n) is 5.15. The minimum Gasteiger partial charge on any atom is -0.494 e. The first-order valence-electron chi connectivity index (χ1n) is 11.9. The van der Waals surface area contributed by atoms with Crippen LogP contribution in [0.4, 0.5) is 17.1 Å². The number of fused-ring (bicyclic) bond motifs is 1. The number of nitrogen functional groups attached to an aromatic ring is 2. The molecule has 0 bridgehead atoms. The molecule has 0 saturated carbocycles. The summed E-state index contributed by atoms with van der Waals surface area (Å²) in [5, 5.41) is 1.13. The second-order valence-corrected chi connectivity index (χ2v) is 9.42. The molecule has 8 nitrogen and oxygen atoms in total. The summed E-state index contributed by atoms with van der Waals surface area (Å²) in [6.07, 6.45) is 6.00. The zero-order valence-electron chi connectivity index (χ0n) is 20.8. The molecule has 1 aliphatic heterocycles. The molecule has 182 valence electrons. The summed E-state index contributed by atoms with van der Waals surface area (Å²) in [5.74, 6) is 1.08. The molecule has 0 unspecified atom stereocenters. The molecule has 1 saturated heterocycles. The Morgan fingerprint density at radius 2 is 1.80 bits per heavy atom. The zero-order valence-corrected chi connectivity index (χ0v) is 20.8. The summed E-state index contributed by atoms with van der Waals surface area (Å²) in [6.45, 7) is 1.83. The van der Waals surface area contributed by atoms with E-state index in [1.807, 2.05) is 31.3 Å². The Balaban J connectivity index is 1.59. The number of hydrogen-bond donors (Lipinski definition) is 2. The Morgan fingerprint density at radius 3 is 2.51 bits per heavy atom. The van der Waals surface area contributed by atoms with E-state index in [4.69, 9.17) is 21.2 Å². The highest BCUT2D eigenvalue weighted by Crippen LogP contribution is 2.44. The maximum atomic E-state index is 6.78. The molecule has 3 heterocycles. The molecule has 0 atom stereocenters. The quantitative estimate of drug-likeness (QED) is 0.425. The van der Waals surface area contributed by atoms with Gasteiger partial charge in [-0.2, -0.15) is 0 Å². The standard InChI is InChI=1S/C27H33N7O/c1-32(2)17-10-13-34(14-11-17)22-15-23(35-4)26(29)24(25(22)28)27-30-12-9-20(31-27)19-16-33(3)21-8-6-5-7-18(19)21/h5-9,12,15-17H,10-11,13-14,28-29H2,1-4H3. The highest BCUT2D eigenvalue weighted by atomic mass is 16.5. The van der Waals surface area contributed by atoms with Crippen molar-refractivity contribution in [3.63, 3.8) is 0 Å². The molecule has 5 rings (SSSR count). The predicted molar refractivity (Wildman–Crippen MR) is 144 cm³/mol. The number of ether oxygens (including phenoxy) is 1. The highest BCUT2D eigenvalue weighted by molar-refractivity contribution is 5.97. The first-order chi connectivity index (χ1) is 16.9. The van der Waals surface area contributed by atoms with Crippen LogP contribution in [-0.4, -0.2) is 59.8 Å². The minimum atomic E-state index is 0.451. The van der Waals surface area contributed by atoms with Gasteiger partial charge in [0.15, 0.2) is 5.82 Å². The number of benzene rings is 2. The largest absolute Gasteiger partial charge is 0.494 e. The third kappa shape index (κ3) is 4.04. The number of nitrogens with zero attached hydrogens (tertiary/aromatic N) is 5. The highest BCUT2D eigenvalue weighted by Gasteiger charge is 2.26. The molecular weight excluding hydrogens is 438 g/mol. The van der Waals surface area contributed by atoms with Crippen LogP contribution in [0.5, 0.6) is 5.75 Å². The van der Waals surface area contributed by atoms with Crippen molar-refractivity contribution in [2.75, 3.05) is 50.7 Å². The minimum absolute atomic E-state index is 0.451. The van der Waals surface area contributed by atoms with Crippen LogP contribution >= 0.6 is 0 Å². The second-order valence-electron chi connectivity index (χ2n) is 9.42. The van der Waals surface area contributed by atoms with Gasteiger partial charge < -0.3 is 30.6 Å². The van der Waals surface area contributed by atoms with Crippen molar-refractivity contribution < 1.29 is 4.74 Å². The summed E-state index contributed by atoms with van der Waals surface area (Å²) >= 11 is 0. The summed E-state index contributed by atoms with van der Waals surface area (Å²) in [6, 6.07) is 12.7. The fourth-order valence-corrected chi connectivity index (χ4v) is 5.15. The number of aromatic nitrogens is 3. The predicted octanol–water partition coefficient (Wildman–Crippen LogP) is 4.01. The van der Waals surface area contributed by atoms with Crippen molar-refractivity contribution in [1.82, 2.24) is 19.4 Å². The number of anilines is 3. The number of hydrogen-bond acceptors (Lipinski definition) is 7. The van der Waals surface area contributed by atoms with Crippen LogP contribution in [0.2, 0.25) is 0 Å². The van der Waals surface area contributed by atoms with E-state index in [0.29, 0.717) is 34.6 Å². The third-order valence-electron chi connectivity index (χ3n) is 7.16. The molecule has 0 spiro atoms. The van der Waals surface area contributed by atoms with Gasteiger partial charge in [0.05, 0.1) is 35.4 Å². The van der Waals surface area contributed by atoms with E-state index >= 15 is 0 Å². The van der Waals surface area contributed by atoms with Crippen molar-refractivity contribution in [1.29, 1.82) is 0 Å². The van der Waals surface area contributed by atoms with Crippen LogP contribution in [0.15, 0.2) is 48.8 Å². The number of piperidine rings is 1. The molecular formula is C27H33N7O. The molecule has 4 N–H and O–H groups in total. The number of aryl methyl sites for hydroxylation is 1. The number of para-hydroxylation sites is 1. The normalized spacial score (nSPS) is 14.7. The zero-order chi connectivity index (χ0) is 24.7. The van der Waals surface area contributed by atoms with Crippen LogP contribution in [0.1, 0.15) is 12.8 Å². The Hall–Kier alpha value is -3.78. The smallest absolute Gasteiger partial charge is 0.164 e. The Kier molecular flexibility index (Phi) is 5.98. The maximum absolute atomic E-state index is 6.78. The first-order valence-corrected chi connectivity index (χ1v) is 11.9. The molecule has 1 aliphatic rings. The molecule has 8 heteroatoms. The van der Waals surface area contributed by atoms with Gasteiger partial charge in [-0.1, -0.05) is 18.2 Å². The Labute approximate surface area is 206 Å². The number of nitrogens with two attached hydrogens (primary N) is 2. The van der Waals surface area contributed by atoms with E-state index in [2.05, 4.69) is 51.8 Å². The first kappa shape index (κ1) is 23.0.